The van der Waals surface area contributed by atoms with Gasteiger partial charge in [0.15, 0.2) is 11.5 Å². The van der Waals surface area contributed by atoms with Gasteiger partial charge in [0.25, 0.3) is 11.8 Å². The quantitative estimate of drug-likeness (QED) is 0.832. The average molecular weight is 403 g/mol. The molecule has 1 fully saturated rings. The van der Waals surface area contributed by atoms with Crippen LogP contribution in [0, 0.1) is 0 Å². The largest absolute Gasteiger partial charge is 0.493 e. The Kier molecular flexibility index (Phi) is 6.41. The number of rotatable bonds is 5. The minimum absolute atomic E-state index is 0.0101. The van der Waals surface area contributed by atoms with Crippen molar-refractivity contribution < 1.29 is 19.1 Å². The van der Waals surface area contributed by atoms with Crippen LogP contribution < -0.4 is 14.8 Å². The number of hydrogen-bond donors (Lipinski definition) is 1. The second-order valence-electron chi connectivity index (χ2n) is 6.59. The van der Waals surface area contributed by atoms with Crippen molar-refractivity contribution in [2.75, 3.05) is 27.3 Å². The van der Waals surface area contributed by atoms with E-state index in [9.17, 15) is 9.59 Å². The predicted octanol–water partition coefficient (Wildman–Crippen LogP) is 3.39. The standard InChI is InChI=1S/C21H23ClN2O4/c1-27-18-8-7-14(13-19(18)28-2)20(25)23-15-9-11-24(12-10-15)21(26)16-5-3-4-6-17(16)22/h3-8,13,15H,9-12H2,1-2H3,(H,23,25). The molecule has 1 heterocycles. The summed E-state index contributed by atoms with van der Waals surface area (Å²) in [4.78, 5) is 27.0. The van der Waals surface area contributed by atoms with Gasteiger partial charge in [-0.25, -0.2) is 0 Å². The number of nitrogens with zero attached hydrogens (tertiary/aromatic N) is 1. The van der Waals surface area contributed by atoms with Crippen molar-refractivity contribution >= 4 is 23.4 Å². The van der Waals surface area contributed by atoms with E-state index >= 15 is 0 Å². The lowest BCUT2D eigenvalue weighted by Gasteiger charge is -2.32. The molecular formula is C21H23ClN2O4. The first kappa shape index (κ1) is 20.0. The molecule has 148 valence electrons. The number of halogens is 1. The molecule has 0 atom stereocenters. The number of nitrogens with one attached hydrogen (secondary N) is 1. The molecule has 3 rings (SSSR count). The molecule has 6 nitrogen and oxygen atoms in total. The Hall–Kier alpha value is -2.73. The van der Waals surface area contributed by atoms with Crippen LogP contribution in [0.25, 0.3) is 0 Å². The van der Waals surface area contributed by atoms with Crippen molar-refractivity contribution in [3.05, 3.63) is 58.6 Å². The van der Waals surface area contributed by atoms with Gasteiger partial charge in [0.05, 0.1) is 24.8 Å². The molecular weight excluding hydrogens is 380 g/mol. The van der Waals surface area contributed by atoms with Crippen molar-refractivity contribution in [1.29, 1.82) is 0 Å². The van der Waals surface area contributed by atoms with E-state index in [1.54, 1.807) is 54.5 Å². The lowest BCUT2D eigenvalue weighted by molar-refractivity contribution is 0.0698. The van der Waals surface area contributed by atoms with E-state index in [-0.39, 0.29) is 17.9 Å². The molecule has 1 saturated heterocycles. The molecule has 0 radical (unpaired) electrons. The highest BCUT2D eigenvalue weighted by Crippen LogP contribution is 2.27. The number of likely N-dealkylation sites (tertiary alicyclic amines) is 1. The molecule has 0 unspecified atom stereocenters. The monoisotopic (exact) mass is 402 g/mol. The highest BCUT2D eigenvalue weighted by atomic mass is 35.5. The number of piperidine rings is 1. The summed E-state index contributed by atoms with van der Waals surface area (Å²) >= 11 is 6.13. The van der Waals surface area contributed by atoms with Crippen LogP contribution in [0.5, 0.6) is 11.5 Å². The van der Waals surface area contributed by atoms with Crippen LogP contribution in [0.15, 0.2) is 42.5 Å². The van der Waals surface area contributed by atoms with E-state index < -0.39 is 0 Å². The molecule has 1 aliphatic heterocycles. The summed E-state index contributed by atoms with van der Waals surface area (Å²) in [5, 5.41) is 3.49. The van der Waals surface area contributed by atoms with Crippen molar-refractivity contribution in [2.45, 2.75) is 18.9 Å². The van der Waals surface area contributed by atoms with Crippen molar-refractivity contribution in [3.63, 3.8) is 0 Å². The molecule has 1 N–H and O–H groups in total. The van der Waals surface area contributed by atoms with E-state index in [0.29, 0.717) is 53.6 Å². The van der Waals surface area contributed by atoms with Gasteiger partial charge < -0.3 is 19.7 Å². The summed E-state index contributed by atoms with van der Waals surface area (Å²) in [6, 6.07) is 12.1. The second kappa shape index (κ2) is 8.97. The fourth-order valence-corrected chi connectivity index (χ4v) is 3.49. The highest BCUT2D eigenvalue weighted by Gasteiger charge is 2.26. The van der Waals surface area contributed by atoms with Gasteiger partial charge in [0.1, 0.15) is 0 Å². The average Bonchev–Trinajstić information content (AvgIpc) is 2.73. The minimum atomic E-state index is -0.170. The summed E-state index contributed by atoms with van der Waals surface area (Å²) in [6.45, 7) is 1.14. The number of methoxy groups -OCH3 is 2. The minimum Gasteiger partial charge on any atom is -0.493 e. The normalized spacial score (nSPS) is 14.5. The summed E-state index contributed by atoms with van der Waals surface area (Å²) in [5.74, 6) is 0.841. The molecule has 0 bridgehead atoms. The van der Waals surface area contributed by atoms with Crippen LogP contribution in [0.3, 0.4) is 0 Å². The van der Waals surface area contributed by atoms with Crippen LogP contribution >= 0.6 is 11.6 Å². The van der Waals surface area contributed by atoms with Gasteiger partial charge in [-0.05, 0) is 43.2 Å². The van der Waals surface area contributed by atoms with E-state index in [1.165, 1.54) is 7.11 Å². The second-order valence-corrected chi connectivity index (χ2v) is 7.00. The predicted molar refractivity (Wildman–Crippen MR) is 107 cm³/mol. The molecule has 2 amide bonds. The summed E-state index contributed by atoms with van der Waals surface area (Å²) in [5.41, 5.74) is 1.02. The zero-order valence-corrected chi connectivity index (χ0v) is 16.7. The number of ether oxygens (including phenoxy) is 2. The maximum atomic E-state index is 12.6. The summed E-state index contributed by atoms with van der Waals surface area (Å²) in [7, 11) is 3.08. The summed E-state index contributed by atoms with van der Waals surface area (Å²) < 4.78 is 10.4. The number of hydrogen-bond acceptors (Lipinski definition) is 4. The fourth-order valence-electron chi connectivity index (χ4n) is 3.28. The Labute approximate surface area is 169 Å². The lowest BCUT2D eigenvalue weighted by atomic mass is 10.0. The molecule has 0 spiro atoms. The van der Waals surface area contributed by atoms with Crippen LogP contribution in [-0.4, -0.2) is 50.1 Å². The number of amides is 2. The molecule has 0 aromatic heterocycles. The van der Waals surface area contributed by atoms with Gasteiger partial charge in [0.2, 0.25) is 0 Å². The topological polar surface area (TPSA) is 67.9 Å². The van der Waals surface area contributed by atoms with Crippen molar-refractivity contribution in [1.82, 2.24) is 10.2 Å². The lowest BCUT2D eigenvalue weighted by Crippen LogP contribution is -2.46. The maximum Gasteiger partial charge on any atom is 0.255 e. The number of carbonyl (C=O) groups excluding carboxylic acids is 2. The smallest absolute Gasteiger partial charge is 0.255 e. The van der Waals surface area contributed by atoms with E-state index in [1.807, 2.05) is 0 Å². The fraction of sp³-hybridized carbons (Fsp3) is 0.333. The van der Waals surface area contributed by atoms with Crippen molar-refractivity contribution in [3.8, 4) is 11.5 Å². The van der Waals surface area contributed by atoms with Crippen LogP contribution in [0.2, 0.25) is 5.02 Å². The van der Waals surface area contributed by atoms with Gasteiger partial charge in [-0.3, -0.25) is 9.59 Å². The third kappa shape index (κ3) is 4.39. The Balaban J connectivity index is 1.58. The van der Waals surface area contributed by atoms with Gasteiger partial charge in [-0.15, -0.1) is 0 Å². The van der Waals surface area contributed by atoms with Crippen molar-refractivity contribution in [2.24, 2.45) is 0 Å². The van der Waals surface area contributed by atoms with Gasteiger partial charge in [0, 0.05) is 24.7 Å². The molecule has 2 aromatic rings. The van der Waals surface area contributed by atoms with Crippen LogP contribution in [0.1, 0.15) is 33.6 Å². The summed E-state index contributed by atoms with van der Waals surface area (Å²) in [6.07, 6.45) is 1.38. The van der Waals surface area contributed by atoms with Gasteiger partial charge in [-0.2, -0.15) is 0 Å². The molecule has 2 aromatic carbocycles. The first-order chi connectivity index (χ1) is 13.5. The molecule has 0 saturated carbocycles. The van der Waals surface area contributed by atoms with Gasteiger partial charge >= 0.3 is 0 Å². The Morgan fingerprint density at radius 2 is 1.71 bits per heavy atom. The Morgan fingerprint density at radius 3 is 2.36 bits per heavy atom. The molecule has 7 heteroatoms. The Bertz CT molecular complexity index is 863. The van der Waals surface area contributed by atoms with E-state index in [2.05, 4.69) is 5.32 Å². The molecule has 1 aliphatic rings. The van der Waals surface area contributed by atoms with Crippen LogP contribution in [-0.2, 0) is 0 Å². The number of carbonyl (C=O) groups is 2. The van der Waals surface area contributed by atoms with Gasteiger partial charge in [-0.1, -0.05) is 23.7 Å². The maximum absolute atomic E-state index is 12.6. The van der Waals surface area contributed by atoms with E-state index in [4.69, 9.17) is 21.1 Å². The first-order valence-electron chi connectivity index (χ1n) is 9.10. The highest BCUT2D eigenvalue weighted by molar-refractivity contribution is 6.33. The number of benzene rings is 2. The zero-order valence-electron chi connectivity index (χ0n) is 15.9. The zero-order chi connectivity index (χ0) is 20.1. The first-order valence-corrected chi connectivity index (χ1v) is 9.48. The van der Waals surface area contributed by atoms with Crippen LogP contribution in [0.4, 0.5) is 0 Å². The molecule has 28 heavy (non-hydrogen) atoms. The SMILES string of the molecule is COc1ccc(C(=O)NC2CCN(C(=O)c3ccccc3Cl)CC2)cc1OC. The molecule has 0 aliphatic carbocycles. The third-order valence-corrected chi connectivity index (χ3v) is 5.20. The third-order valence-electron chi connectivity index (χ3n) is 4.87. The van der Waals surface area contributed by atoms with E-state index in [0.717, 1.165) is 0 Å². The Morgan fingerprint density at radius 1 is 1.04 bits per heavy atom.